The van der Waals surface area contributed by atoms with Gasteiger partial charge >= 0.3 is 0 Å². The predicted octanol–water partition coefficient (Wildman–Crippen LogP) is 3.31. The van der Waals surface area contributed by atoms with Crippen LogP contribution in [0.25, 0.3) is 0 Å². The Balaban J connectivity index is 2.18. The van der Waals surface area contributed by atoms with Crippen LogP contribution in [-0.2, 0) is 0 Å². The highest BCUT2D eigenvalue weighted by Crippen LogP contribution is 2.29. The number of hydrogen-bond donors (Lipinski definition) is 1. The maximum Gasteiger partial charge on any atom is 0.101 e. The van der Waals surface area contributed by atoms with E-state index in [1.165, 1.54) is 0 Å². The number of nitrogens with two attached hydrogens (primary N) is 1. The molecule has 0 heterocycles. The minimum Gasteiger partial charge on any atom is -0.369 e. The summed E-state index contributed by atoms with van der Waals surface area (Å²) in [6.45, 7) is 3.10. The van der Waals surface area contributed by atoms with Crippen LogP contribution in [0, 0.1) is 11.3 Å². The largest absolute Gasteiger partial charge is 0.369 e. The number of nitrogens with zero attached hydrogens (tertiary/aromatic N) is 2. The van der Waals surface area contributed by atoms with E-state index in [9.17, 15) is 0 Å². The van der Waals surface area contributed by atoms with E-state index < -0.39 is 0 Å². The quantitative estimate of drug-likeness (QED) is 0.922. The fraction of sp³-hybridized carbons (Fsp3) is 0.533. The summed E-state index contributed by atoms with van der Waals surface area (Å²) in [5.41, 5.74) is 7.60. The smallest absolute Gasteiger partial charge is 0.101 e. The summed E-state index contributed by atoms with van der Waals surface area (Å²) in [5.74, 6) is 0. The summed E-state index contributed by atoms with van der Waals surface area (Å²) in [6.07, 6.45) is 4.44. The van der Waals surface area contributed by atoms with Crippen molar-refractivity contribution in [2.45, 2.75) is 44.7 Å². The Hall–Kier alpha value is -1.24. The van der Waals surface area contributed by atoms with Gasteiger partial charge in [0, 0.05) is 24.3 Å². The van der Waals surface area contributed by atoms with E-state index in [2.05, 4.69) is 17.9 Å². The number of hydrogen-bond acceptors (Lipinski definition) is 3. The molecule has 2 rings (SSSR count). The maximum absolute atomic E-state index is 8.92. The highest BCUT2D eigenvalue weighted by molar-refractivity contribution is 6.32. The van der Waals surface area contributed by atoms with Crippen LogP contribution < -0.4 is 10.6 Å². The van der Waals surface area contributed by atoms with Gasteiger partial charge in [0.25, 0.3) is 0 Å². The molecule has 0 atom stereocenters. The van der Waals surface area contributed by atoms with Crippen molar-refractivity contribution in [3.8, 4) is 6.07 Å². The molecule has 2 N–H and O–H groups in total. The Morgan fingerprint density at radius 2 is 2.05 bits per heavy atom. The van der Waals surface area contributed by atoms with Crippen molar-refractivity contribution < 1.29 is 0 Å². The van der Waals surface area contributed by atoms with Gasteiger partial charge < -0.3 is 10.6 Å². The van der Waals surface area contributed by atoms with Gasteiger partial charge in [-0.1, -0.05) is 11.6 Å². The lowest BCUT2D eigenvalue weighted by atomic mass is 9.90. The molecule has 102 valence electrons. The second-order valence-electron chi connectivity index (χ2n) is 5.13. The molecule has 1 aromatic rings. The van der Waals surface area contributed by atoms with E-state index in [-0.39, 0.29) is 0 Å². The first-order valence-electron chi connectivity index (χ1n) is 6.87. The second-order valence-corrected chi connectivity index (χ2v) is 5.54. The van der Waals surface area contributed by atoms with Crippen LogP contribution in [0.1, 0.15) is 38.2 Å². The number of nitriles is 1. The number of rotatable bonds is 3. The summed E-state index contributed by atoms with van der Waals surface area (Å²) >= 11 is 6.12. The van der Waals surface area contributed by atoms with Crippen LogP contribution in [0.2, 0.25) is 5.02 Å². The molecule has 0 bridgehead atoms. The topological polar surface area (TPSA) is 53.0 Å². The molecule has 0 spiro atoms. The summed E-state index contributed by atoms with van der Waals surface area (Å²) in [7, 11) is 0. The number of benzene rings is 1. The minimum absolute atomic E-state index is 0.361. The third-order valence-electron chi connectivity index (χ3n) is 3.93. The zero-order valence-electron chi connectivity index (χ0n) is 11.3. The molecule has 0 radical (unpaired) electrons. The fourth-order valence-corrected chi connectivity index (χ4v) is 3.06. The van der Waals surface area contributed by atoms with Crippen LogP contribution in [0.5, 0.6) is 0 Å². The minimum atomic E-state index is 0.361. The summed E-state index contributed by atoms with van der Waals surface area (Å²) in [4.78, 5) is 2.37. The third-order valence-corrected chi connectivity index (χ3v) is 4.24. The van der Waals surface area contributed by atoms with E-state index in [4.69, 9.17) is 22.6 Å². The second kappa shape index (κ2) is 6.27. The molecule has 0 amide bonds. The molecule has 0 saturated heterocycles. The van der Waals surface area contributed by atoms with E-state index in [0.29, 0.717) is 22.7 Å². The monoisotopic (exact) mass is 277 g/mol. The molecule has 19 heavy (non-hydrogen) atoms. The molecule has 1 aliphatic rings. The molecule has 1 aliphatic carbocycles. The molecular formula is C15H20ClN3. The van der Waals surface area contributed by atoms with Crippen LogP contribution in [0.3, 0.4) is 0 Å². The van der Waals surface area contributed by atoms with Crippen LogP contribution in [0.15, 0.2) is 18.2 Å². The van der Waals surface area contributed by atoms with E-state index in [0.717, 1.165) is 37.9 Å². The molecule has 1 aromatic carbocycles. The maximum atomic E-state index is 8.92. The molecule has 3 nitrogen and oxygen atoms in total. The Morgan fingerprint density at radius 3 is 2.58 bits per heavy atom. The van der Waals surface area contributed by atoms with Crippen molar-refractivity contribution in [1.29, 1.82) is 5.26 Å². The number of anilines is 1. The molecule has 4 heteroatoms. The average Bonchev–Trinajstić information content (AvgIpc) is 2.42. The molecular weight excluding hydrogens is 258 g/mol. The predicted molar refractivity (Wildman–Crippen MR) is 79.4 cm³/mol. The van der Waals surface area contributed by atoms with Gasteiger partial charge in [-0.25, -0.2) is 0 Å². The lowest BCUT2D eigenvalue weighted by Gasteiger charge is -2.37. The van der Waals surface area contributed by atoms with Crippen LogP contribution in [-0.4, -0.2) is 18.6 Å². The average molecular weight is 278 g/mol. The van der Waals surface area contributed by atoms with Crippen LogP contribution >= 0.6 is 11.6 Å². The van der Waals surface area contributed by atoms with Crippen molar-refractivity contribution in [2.75, 3.05) is 11.4 Å². The zero-order chi connectivity index (χ0) is 13.8. The molecule has 0 aromatic heterocycles. The van der Waals surface area contributed by atoms with Gasteiger partial charge in [-0.05, 0) is 50.8 Å². The lowest BCUT2D eigenvalue weighted by Crippen LogP contribution is -2.40. The van der Waals surface area contributed by atoms with Crippen molar-refractivity contribution in [2.24, 2.45) is 5.73 Å². The van der Waals surface area contributed by atoms with Gasteiger partial charge in [0.1, 0.15) is 6.07 Å². The van der Waals surface area contributed by atoms with Gasteiger partial charge in [-0.3, -0.25) is 0 Å². The first-order valence-corrected chi connectivity index (χ1v) is 7.25. The zero-order valence-corrected chi connectivity index (χ0v) is 12.0. The lowest BCUT2D eigenvalue weighted by molar-refractivity contribution is 0.378. The summed E-state index contributed by atoms with van der Waals surface area (Å²) < 4.78 is 0. The van der Waals surface area contributed by atoms with Crippen molar-refractivity contribution in [3.05, 3.63) is 28.8 Å². The molecule has 1 fully saturated rings. The van der Waals surface area contributed by atoms with Crippen LogP contribution in [0.4, 0.5) is 5.69 Å². The molecule has 0 aliphatic heterocycles. The van der Waals surface area contributed by atoms with E-state index in [1.807, 2.05) is 12.1 Å². The Bertz CT molecular complexity index is 473. The third kappa shape index (κ3) is 3.20. The molecule has 1 saturated carbocycles. The Labute approximate surface area is 120 Å². The van der Waals surface area contributed by atoms with Gasteiger partial charge in [0.05, 0.1) is 10.6 Å². The van der Waals surface area contributed by atoms with Crippen molar-refractivity contribution in [3.63, 3.8) is 0 Å². The van der Waals surface area contributed by atoms with E-state index >= 15 is 0 Å². The normalized spacial score (nSPS) is 22.8. The van der Waals surface area contributed by atoms with Crippen molar-refractivity contribution >= 4 is 17.3 Å². The van der Waals surface area contributed by atoms with E-state index in [1.54, 1.807) is 6.07 Å². The standard InChI is InChI=1S/C15H20ClN3/c1-2-19(13-7-4-12(18)5-8-13)14-6-3-11(10-17)15(16)9-14/h3,6,9,12-13H,2,4-5,7-8,18H2,1H3. The van der Waals surface area contributed by atoms with Gasteiger partial charge in [-0.15, -0.1) is 0 Å². The first kappa shape index (κ1) is 14.2. The van der Waals surface area contributed by atoms with Crippen molar-refractivity contribution in [1.82, 2.24) is 0 Å². The highest BCUT2D eigenvalue weighted by Gasteiger charge is 2.23. The Morgan fingerprint density at radius 1 is 1.37 bits per heavy atom. The first-order chi connectivity index (χ1) is 9.15. The fourth-order valence-electron chi connectivity index (χ4n) is 2.84. The number of halogens is 1. The van der Waals surface area contributed by atoms with Gasteiger partial charge in [-0.2, -0.15) is 5.26 Å². The highest BCUT2D eigenvalue weighted by atomic mass is 35.5. The summed E-state index contributed by atoms with van der Waals surface area (Å²) in [6, 6.07) is 8.68. The van der Waals surface area contributed by atoms with Gasteiger partial charge in [0.2, 0.25) is 0 Å². The SMILES string of the molecule is CCN(c1ccc(C#N)c(Cl)c1)C1CCC(N)CC1. The summed E-state index contributed by atoms with van der Waals surface area (Å²) in [5, 5.41) is 9.45. The molecule has 0 unspecified atom stereocenters. The van der Waals surface area contributed by atoms with Gasteiger partial charge in [0.15, 0.2) is 0 Å². The Kier molecular flexibility index (Phi) is 4.68.